The molecule has 0 saturated carbocycles. The van der Waals surface area contributed by atoms with E-state index < -0.39 is 0 Å². The quantitative estimate of drug-likeness (QED) is 0.836. The molecule has 0 aromatic carbocycles. The first kappa shape index (κ1) is 17.2. The van der Waals surface area contributed by atoms with E-state index in [1.807, 2.05) is 11.8 Å². The molecule has 4 nitrogen and oxygen atoms in total. The number of fused-ring (bicyclic) bond motifs is 1. The fourth-order valence-electron chi connectivity index (χ4n) is 3.25. The Morgan fingerprint density at radius 1 is 1.35 bits per heavy atom. The Morgan fingerprint density at radius 3 is 2.70 bits per heavy atom. The molecular formula is C17H28N4S2. The van der Waals surface area contributed by atoms with Crippen LogP contribution in [0.1, 0.15) is 41.5 Å². The first-order valence-electron chi connectivity index (χ1n) is 8.47. The highest BCUT2D eigenvalue weighted by Crippen LogP contribution is 2.37. The fourth-order valence-corrected chi connectivity index (χ4v) is 5.35. The summed E-state index contributed by atoms with van der Waals surface area (Å²) < 4.78 is 0. The smallest absolute Gasteiger partial charge is 0.168 e. The minimum atomic E-state index is 0.0428. The number of amidine groups is 2. The van der Waals surface area contributed by atoms with Gasteiger partial charge in [-0.1, -0.05) is 51.2 Å². The van der Waals surface area contributed by atoms with E-state index in [9.17, 15) is 0 Å². The van der Waals surface area contributed by atoms with Gasteiger partial charge in [0.15, 0.2) is 10.3 Å². The first-order valence-corrected chi connectivity index (χ1v) is 10.3. The molecule has 0 fully saturated rings. The molecule has 0 aromatic rings. The molecule has 0 unspecified atom stereocenters. The molecule has 6 heteroatoms. The van der Waals surface area contributed by atoms with Crippen LogP contribution in [-0.2, 0) is 0 Å². The summed E-state index contributed by atoms with van der Waals surface area (Å²) in [6, 6.07) is 0.861. The van der Waals surface area contributed by atoms with E-state index in [2.05, 4.69) is 57.2 Å². The van der Waals surface area contributed by atoms with Crippen molar-refractivity contribution < 1.29 is 0 Å². The van der Waals surface area contributed by atoms with E-state index in [1.165, 1.54) is 5.70 Å². The van der Waals surface area contributed by atoms with Crippen LogP contribution < -0.4 is 5.32 Å². The van der Waals surface area contributed by atoms with Gasteiger partial charge >= 0.3 is 0 Å². The summed E-state index contributed by atoms with van der Waals surface area (Å²) in [4.78, 5) is 12.1. The second kappa shape index (κ2) is 6.36. The van der Waals surface area contributed by atoms with Crippen molar-refractivity contribution in [3.63, 3.8) is 0 Å². The average molecular weight is 353 g/mol. The lowest BCUT2D eigenvalue weighted by molar-refractivity contribution is 0.348. The number of rotatable bonds is 4. The molecule has 128 valence electrons. The van der Waals surface area contributed by atoms with Gasteiger partial charge in [0.05, 0.1) is 17.6 Å². The summed E-state index contributed by atoms with van der Waals surface area (Å²) in [6.07, 6.45) is 0. The van der Waals surface area contributed by atoms with E-state index in [1.54, 1.807) is 11.8 Å². The first-order chi connectivity index (χ1) is 10.8. The molecule has 0 aromatic heterocycles. The van der Waals surface area contributed by atoms with E-state index in [0.717, 1.165) is 22.6 Å². The third-order valence-electron chi connectivity index (χ3n) is 4.50. The van der Waals surface area contributed by atoms with Crippen LogP contribution in [-0.4, -0.2) is 45.2 Å². The Balaban J connectivity index is 1.60. The monoisotopic (exact) mass is 352 g/mol. The predicted molar refractivity (Wildman–Crippen MR) is 104 cm³/mol. The summed E-state index contributed by atoms with van der Waals surface area (Å²) in [5.41, 5.74) is 1.41. The van der Waals surface area contributed by atoms with Crippen LogP contribution in [0.25, 0.3) is 0 Å². The van der Waals surface area contributed by atoms with Gasteiger partial charge in [-0.05, 0) is 31.1 Å². The van der Waals surface area contributed by atoms with Crippen molar-refractivity contribution in [1.29, 1.82) is 0 Å². The Hall–Kier alpha value is -0.620. The molecule has 0 saturated heterocycles. The number of aliphatic imine (C=N–C) groups is 2. The lowest BCUT2D eigenvalue weighted by Crippen LogP contribution is -2.40. The number of hydrogen-bond donors (Lipinski definition) is 1. The zero-order valence-corrected chi connectivity index (χ0v) is 16.6. The number of nitrogens with zero attached hydrogens (tertiary/aromatic N) is 3. The minimum absolute atomic E-state index is 0.0428. The van der Waals surface area contributed by atoms with Crippen molar-refractivity contribution in [3.05, 3.63) is 11.1 Å². The van der Waals surface area contributed by atoms with Crippen LogP contribution in [0.15, 0.2) is 21.1 Å². The lowest BCUT2D eigenvalue weighted by atomic mass is 9.90. The lowest BCUT2D eigenvalue weighted by Gasteiger charge is -2.24. The molecular weight excluding hydrogens is 324 g/mol. The molecule has 0 aliphatic carbocycles. The van der Waals surface area contributed by atoms with Gasteiger partial charge in [0.25, 0.3) is 0 Å². The van der Waals surface area contributed by atoms with Crippen molar-refractivity contribution in [2.75, 3.05) is 12.3 Å². The fraction of sp³-hybridized carbons (Fsp3) is 0.765. The summed E-state index contributed by atoms with van der Waals surface area (Å²) in [7, 11) is 0. The molecule has 0 bridgehead atoms. The van der Waals surface area contributed by atoms with Crippen molar-refractivity contribution >= 4 is 33.9 Å². The molecule has 23 heavy (non-hydrogen) atoms. The highest BCUT2D eigenvalue weighted by Gasteiger charge is 2.37. The number of nitrogens with one attached hydrogen (secondary N) is 1. The zero-order valence-electron chi connectivity index (χ0n) is 15.0. The van der Waals surface area contributed by atoms with Gasteiger partial charge in [-0.25, -0.2) is 0 Å². The van der Waals surface area contributed by atoms with Gasteiger partial charge < -0.3 is 10.2 Å². The summed E-state index contributed by atoms with van der Waals surface area (Å²) in [5.74, 6) is 2.14. The van der Waals surface area contributed by atoms with Gasteiger partial charge in [-0.2, -0.15) is 0 Å². The summed E-state index contributed by atoms with van der Waals surface area (Å²) in [6.45, 7) is 14.5. The maximum absolute atomic E-state index is 4.95. The average Bonchev–Trinajstić information content (AvgIpc) is 3.08. The molecule has 3 aliphatic rings. The molecule has 0 spiro atoms. The van der Waals surface area contributed by atoms with Crippen LogP contribution in [0.4, 0.5) is 0 Å². The SMILES string of the molecule is CC(C)[C@@H]1N=C(SCC2=CSC3=NC(C)(C)CN23)N[C@H]1C(C)C. The van der Waals surface area contributed by atoms with E-state index in [-0.39, 0.29) is 5.54 Å². The van der Waals surface area contributed by atoms with Crippen molar-refractivity contribution in [2.24, 2.45) is 21.8 Å². The third kappa shape index (κ3) is 3.58. The molecule has 0 radical (unpaired) electrons. The highest BCUT2D eigenvalue weighted by atomic mass is 32.2. The molecule has 3 heterocycles. The Bertz CT molecular complexity index is 563. The van der Waals surface area contributed by atoms with Gasteiger partial charge in [0, 0.05) is 18.0 Å². The topological polar surface area (TPSA) is 40.0 Å². The molecule has 3 aliphatic heterocycles. The molecule has 2 atom stereocenters. The van der Waals surface area contributed by atoms with Gasteiger partial charge in [-0.3, -0.25) is 9.98 Å². The van der Waals surface area contributed by atoms with Gasteiger partial charge in [0.1, 0.15) is 0 Å². The van der Waals surface area contributed by atoms with Crippen molar-refractivity contribution in [2.45, 2.75) is 59.2 Å². The molecule has 3 rings (SSSR count). The van der Waals surface area contributed by atoms with Crippen molar-refractivity contribution in [1.82, 2.24) is 10.2 Å². The minimum Gasteiger partial charge on any atom is -0.360 e. The zero-order chi connectivity index (χ0) is 16.8. The Kier molecular flexibility index (Phi) is 4.76. The highest BCUT2D eigenvalue weighted by molar-refractivity contribution is 8.17. The van der Waals surface area contributed by atoms with E-state index >= 15 is 0 Å². The largest absolute Gasteiger partial charge is 0.360 e. The second-order valence-electron chi connectivity index (χ2n) is 7.89. The van der Waals surface area contributed by atoms with Crippen LogP contribution in [0.3, 0.4) is 0 Å². The maximum Gasteiger partial charge on any atom is 0.168 e. The molecule has 1 N–H and O–H groups in total. The van der Waals surface area contributed by atoms with Crippen LogP contribution in [0, 0.1) is 11.8 Å². The van der Waals surface area contributed by atoms with Crippen LogP contribution >= 0.6 is 23.5 Å². The maximum atomic E-state index is 4.95. The second-order valence-corrected chi connectivity index (χ2v) is 9.69. The summed E-state index contributed by atoms with van der Waals surface area (Å²) >= 11 is 3.59. The van der Waals surface area contributed by atoms with Gasteiger partial charge in [0.2, 0.25) is 0 Å². The van der Waals surface area contributed by atoms with E-state index in [0.29, 0.717) is 23.9 Å². The number of hydrogen-bond acceptors (Lipinski definition) is 6. The predicted octanol–water partition coefficient (Wildman–Crippen LogP) is 3.77. The van der Waals surface area contributed by atoms with E-state index in [4.69, 9.17) is 9.98 Å². The third-order valence-corrected chi connectivity index (χ3v) is 6.35. The Labute approximate surface area is 148 Å². The van der Waals surface area contributed by atoms with Crippen LogP contribution in [0.5, 0.6) is 0 Å². The van der Waals surface area contributed by atoms with Crippen LogP contribution in [0.2, 0.25) is 0 Å². The normalized spacial score (nSPS) is 28.9. The van der Waals surface area contributed by atoms with Gasteiger partial charge in [-0.15, -0.1) is 0 Å². The van der Waals surface area contributed by atoms with Crippen molar-refractivity contribution in [3.8, 4) is 0 Å². The summed E-state index contributed by atoms with van der Waals surface area (Å²) in [5, 5.41) is 8.17. The molecule has 0 amide bonds. The standard InChI is InChI=1S/C17H28N4S2/c1-10(2)13-14(11(3)4)19-15(18-13)22-7-12-8-23-16-20-17(5,6)9-21(12)16/h8,10-11,13-14H,7,9H2,1-6H3,(H,18,19)/t13-,14-/m0/s1. The Morgan fingerprint density at radius 2 is 2.09 bits per heavy atom. The number of thioether (sulfide) groups is 2.